The molecule has 0 saturated heterocycles. The first-order valence-electron chi connectivity index (χ1n) is 4.14. The summed E-state index contributed by atoms with van der Waals surface area (Å²) in [4.78, 5) is 10.9. The van der Waals surface area contributed by atoms with Gasteiger partial charge in [0.05, 0.1) is 12.7 Å². The van der Waals surface area contributed by atoms with Crippen LogP contribution in [0.25, 0.3) is 0 Å². The number of carbonyl (C=O) groups is 1. The molecule has 0 aromatic carbocycles. The smallest absolute Gasteiger partial charge is 0.221 e. The lowest BCUT2D eigenvalue weighted by molar-refractivity contribution is -0.120. The standard InChI is InChI=1S/C7H13N5O/c8-2-1-7(13)9-3-5-12-6-4-10-11-12/h4,6H,1-3,5,8H2,(H,9,13). The summed E-state index contributed by atoms with van der Waals surface area (Å²) in [6.45, 7) is 1.58. The van der Waals surface area contributed by atoms with Crippen LogP contribution >= 0.6 is 0 Å². The fourth-order valence-electron chi connectivity index (χ4n) is 0.881. The summed E-state index contributed by atoms with van der Waals surface area (Å²) in [6, 6.07) is 0. The quantitative estimate of drug-likeness (QED) is 0.596. The van der Waals surface area contributed by atoms with E-state index in [9.17, 15) is 4.79 Å². The van der Waals surface area contributed by atoms with Crippen LogP contribution in [-0.2, 0) is 11.3 Å². The molecule has 1 aromatic heterocycles. The van der Waals surface area contributed by atoms with Crippen molar-refractivity contribution in [2.45, 2.75) is 13.0 Å². The van der Waals surface area contributed by atoms with Gasteiger partial charge in [-0.05, 0) is 0 Å². The molecule has 1 rings (SSSR count). The zero-order chi connectivity index (χ0) is 9.52. The maximum absolute atomic E-state index is 10.9. The molecule has 0 atom stereocenters. The second-order valence-corrected chi connectivity index (χ2v) is 2.55. The number of nitrogens with one attached hydrogen (secondary N) is 1. The summed E-state index contributed by atoms with van der Waals surface area (Å²) >= 11 is 0. The highest BCUT2D eigenvalue weighted by Gasteiger charge is 1.97. The van der Waals surface area contributed by atoms with Gasteiger partial charge in [0.2, 0.25) is 5.91 Å². The predicted molar refractivity (Wildman–Crippen MR) is 46.7 cm³/mol. The number of nitrogens with zero attached hydrogens (tertiary/aromatic N) is 3. The lowest BCUT2D eigenvalue weighted by Crippen LogP contribution is -2.28. The highest BCUT2D eigenvalue weighted by Crippen LogP contribution is 1.80. The van der Waals surface area contributed by atoms with Crippen molar-refractivity contribution < 1.29 is 4.79 Å². The van der Waals surface area contributed by atoms with E-state index in [1.165, 1.54) is 0 Å². The largest absolute Gasteiger partial charge is 0.354 e. The van der Waals surface area contributed by atoms with Gasteiger partial charge in [0.25, 0.3) is 0 Å². The molecule has 0 fully saturated rings. The topological polar surface area (TPSA) is 85.8 Å². The van der Waals surface area contributed by atoms with Gasteiger partial charge in [-0.15, -0.1) is 5.10 Å². The molecular weight excluding hydrogens is 170 g/mol. The van der Waals surface area contributed by atoms with E-state index in [4.69, 9.17) is 5.73 Å². The van der Waals surface area contributed by atoms with Crippen LogP contribution in [0.3, 0.4) is 0 Å². The Kier molecular flexibility index (Phi) is 3.90. The van der Waals surface area contributed by atoms with E-state index >= 15 is 0 Å². The number of amides is 1. The molecule has 1 heterocycles. The van der Waals surface area contributed by atoms with Crippen LogP contribution in [0.5, 0.6) is 0 Å². The van der Waals surface area contributed by atoms with E-state index in [1.54, 1.807) is 17.1 Å². The molecule has 0 radical (unpaired) electrons. The molecule has 1 aromatic rings. The van der Waals surface area contributed by atoms with E-state index < -0.39 is 0 Å². The van der Waals surface area contributed by atoms with Crippen LogP contribution in [0.15, 0.2) is 12.4 Å². The van der Waals surface area contributed by atoms with Gasteiger partial charge in [-0.25, -0.2) is 0 Å². The predicted octanol–water partition coefficient (Wildman–Crippen LogP) is -1.26. The number of carbonyl (C=O) groups excluding carboxylic acids is 1. The number of rotatable bonds is 5. The molecule has 0 aliphatic carbocycles. The van der Waals surface area contributed by atoms with Crippen molar-refractivity contribution in [3.63, 3.8) is 0 Å². The fourth-order valence-corrected chi connectivity index (χ4v) is 0.881. The van der Waals surface area contributed by atoms with Gasteiger partial charge in [-0.1, -0.05) is 5.21 Å². The molecular formula is C7H13N5O. The normalized spacial score (nSPS) is 9.92. The van der Waals surface area contributed by atoms with Crippen molar-refractivity contribution in [1.29, 1.82) is 0 Å². The molecule has 13 heavy (non-hydrogen) atoms. The molecule has 72 valence electrons. The molecule has 6 heteroatoms. The number of hydrogen-bond acceptors (Lipinski definition) is 4. The van der Waals surface area contributed by atoms with Crippen molar-refractivity contribution in [3.8, 4) is 0 Å². The Morgan fingerprint density at radius 3 is 3.08 bits per heavy atom. The summed E-state index contributed by atoms with van der Waals surface area (Å²) < 4.78 is 1.66. The van der Waals surface area contributed by atoms with Gasteiger partial charge in [-0.3, -0.25) is 9.48 Å². The van der Waals surface area contributed by atoms with E-state index in [0.29, 0.717) is 26.1 Å². The van der Waals surface area contributed by atoms with Crippen molar-refractivity contribution in [1.82, 2.24) is 20.3 Å². The van der Waals surface area contributed by atoms with Crippen molar-refractivity contribution in [2.24, 2.45) is 5.73 Å². The highest BCUT2D eigenvalue weighted by molar-refractivity contribution is 5.75. The molecule has 3 N–H and O–H groups in total. The van der Waals surface area contributed by atoms with E-state index in [-0.39, 0.29) is 5.91 Å². The monoisotopic (exact) mass is 183 g/mol. The van der Waals surface area contributed by atoms with Gasteiger partial charge in [0.15, 0.2) is 0 Å². The first-order chi connectivity index (χ1) is 6.33. The molecule has 6 nitrogen and oxygen atoms in total. The first kappa shape index (κ1) is 9.66. The molecule has 0 saturated carbocycles. The Morgan fingerprint density at radius 2 is 2.46 bits per heavy atom. The molecule has 0 unspecified atom stereocenters. The van der Waals surface area contributed by atoms with Crippen molar-refractivity contribution >= 4 is 5.91 Å². The highest BCUT2D eigenvalue weighted by atomic mass is 16.1. The minimum absolute atomic E-state index is 0.0254. The zero-order valence-corrected chi connectivity index (χ0v) is 7.31. The minimum Gasteiger partial charge on any atom is -0.354 e. The van der Waals surface area contributed by atoms with Crippen LogP contribution < -0.4 is 11.1 Å². The zero-order valence-electron chi connectivity index (χ0n) is 7.31. The van der Waals surface area contributed by atoms with Crippen LogP contribution in [0.4, 0.5) is 0 Å². The lowest BCUT2D eigenvalue weighted by atomic mass is 10.4. The Hall–Kier alpha value is -1.43. The Morgan fingerprint density at radius 1 is 1.62 bits per heavy atom. The summed E-state index contributed by atoms with van der Waals surface area (Å²) in [7, 11) is 0. The second-order valence-electron chi connectivity index (χ2n) is 2.55. The number of hydrogen-bond donors (Lipinski definition) is 2. The van der Waals surface area contributed by atoms with E-state index in [1.807, 2.05) is 0 Å². The summed E-state index contributed by atoms with van der Waals surface area (Å²) in [5, 5.41) is 10.1. The fraction of sp³-hybridized carbons (Fsp3) is 0.571. The van der Waals surface area contributed by atoms with Crippen LogP contribution in [0, 0.1) is 0 Å². The Balaban J connectivity index is 2.11. The van der Waals surface area contributed by atoms with E-state index in [0.717, 1.165) is 0 Å². The maximum atomic E-state index is 10.9. The van der Waals surface area contributed by atoms with Crippen LogP contribution in [0.2, 0.25) is 0 Å². The number of aromatic nitrogens is 3. The van der Waals surface area contributed by atoms with Gasteiger partial charge in [-0.2, -0.15) is 0 Å². The second kappa shape index (κ2) is 5.26. The third-order valence-corrected chi connectivity index (χ3v) is 1.51. The van der Waals surface area contributed by atoms with Gasteiger partial charge >= 0.3 is 0 Å². The Bertz CT molecular complexity index is 245. The molecule has 0 aliphatic rings. The summed E-state index contributed by atoms with van der Waals surface area (Å²) in [5.74, 6) is -0.0254. The lowest BCUT2D eigenvalue weighted by Gasteiger charge is -2.03. The number of nitrogens with two attached hydrogens (primary N) is 1. The average molecular weight is 183 g/mol. The van der Waals surface area contributed by atoms with Crippen LogP contribution in [-0.4, -0.2) is 34.0 Å². The van der Waals surface area contributed by atoms with Crippen LogP contribution in [0.1, 0.15) is 6.42 Å². The maximum Gasteiger partial charge on any atom is 0.221 e. The summed E-state index contributed by atoms with van der Waals surface area (Å²) in [5.41, 5.74) is 5.21. The molecule has 1 amide bonds. The SMILES string of the molecule is NCCC(=O)NCCn1ccnn1. The third kappa shape index (κ3) is 3.66. The minimum atomic E-state index is -0.0254. The van der Waals surface area contributed by atoms with Crippen molar-refractivity contribution in [3.05, 3.63) is 12.4 Å². The van der Waals surface area contributed by atoms with E-state index in [2.05, 4.69) is 15.6 Å². The first-order valence-corrected chi connectivity index (χ1v) is 4.14. The van der Waals surface area contributed by atoms with Gasteiger partial charge in [0.1, 0.15) is 0 Å². The average Bonchev–Trinajstić information content (AvgIpc) is 2.57. The molecule has 0 spiro atoms. The van der Waals surface area contributed by atoms with Crippen molar-refractivity contribution in [2.75, 3.05) is 13.1 Å². The third-order valence-electron chi connectivity index (χ3n) is 1.51. The molecule has 0 bridgehead atoms. The summed E-state index contributed by atoms with van der Waals surface area (Å²) in [6.07, 6.45) is 3.72. The van der Waals surface area contributed by atoms with Gasteiger partial charge in [0, 0.05) is 25.7 Å². The molecule has 0 aliphatic heterocycles. The van der Waals surface area contributed by atoms with Gasteiger partial charge < -0.3 is 11.1 Å². The Labute approximate surface area is 76.1 Å².